The van der Waals surface area contributed by atoms with Crippen LogP contribution in [0.25, 0.3) is 0 Å². The molecule has 1 fully saturated rings. The van der Waals surface area contributed by atoms with Gasteiger partial charge in [-0.05, 0) is 37.9 Å². The molecule has 0 radical (unpaired) electrons. The summed E-state index contributed by atoms with van der Waals surface area (Å²) in [5.41, 5.74) is 1.14. The molecule has 0 bridgehead atoms. The lowest BCUT2D eigenvalue weighted by Crippen LogP contribution is -2.44. The Kier molecular flexibility index (Phi) is 9.39. The van der Waals surface area contributed by atoms with E-state index in [1.807, 2.05) is 6.20 Å². The minimum Gasteiger partial charge on any atom is -0.357 e. The van der Waals surface area contributed by atoms with Gasteiger partial charge in [0.05, 0.1) is 6.54 Å². The van der Waals surface area contributed by atoms with Crippen LogP contribution in [0, 0.1) is 5.92 Å². The summed E-state index contributed by atoms with van der Waals surface area (Å²) in [5.74, 6) is 2.75. The number of anilines is 1. The summed E-state index contributed by atoms with van der Waals surface area (Å²) in [6.45, 7) is 13.4. The van der Waals surface area contributed by atoms with Crippen molar-refractivity contribution < 1.29 is 0 Å². The molecule has 2 N–H and O–H groups in total. The Morgan fingerprint density at radius 3 is 2.56 bits per heavy atom. The highest BCUT2D eigenvalue weighted by atomic mass is 15.3. The highest BCUT2D eigenvalue weighted by Gasteiger charge is 2.14. The second-order valence-electron chi connectivity index (χ2n) is 7.83. The molecule has 1 saturated heterocycles. The van der Waals surface area contributed by atoms with Crippen molar-refractivity contribution >= 4 is 11.8 Å². The Morgan fingerprint density at radius 2 is 1.93 bits per heavy atom. The van der Waals surface area contributed by atoms with Crippen LogP contribution in [0.15, 0.2) is 23.3 Å². The van der Waals surface area contributed by atoms with Gasteiger partial charge in [-0.1, -0.05) is 32.8 Å². The standard InChI is InChI=1S/C21H38N6/c1-5-22-21(23-11-7-6-8-18(2)3)25-17-19-9-10-20(24-16-19)27-14-12-26(4)13-15-27/h9-10,16,18H,5-8,11-15,17H2,1-4H3,(H2,22,23,25). The van der Waals surface area contributed by atoms with E-state index in [0.717, 1.165) is 62.5 Å². The number of nitrogens with one attached hydrogen (secondary N) is 2. The molecular weight excluding hydrogens is 336 g/mol. The van der Waals surface area contributed by atoms with Gasteiger partial charge in [-0.2, -0.15) is 0 Å². The minimum atomic E-state index is 0.650. The lowest BCUT2D eigenvalue weighted by atomic mass is 10.1. The van der Waals surface area contributed by atoms with Gasteiger partial charge in [0.25, 0.3) is 0 Å². The van der Waals surface area contributed by atoms with Crippen LogP contribution in [-0.2, 0) is 6.54 Å². The van der Waals surface area contributed by atoms with E-state index in [-0.39, 0.29) is 0 Å². The number of unbranched alkanes of at least 4 members (excludes halogenated alkanes) is 1. The average Bonchev–Trinajstić information content (AvgIpc) is 2.66. The lowest BCUT2D eigenvalue weighted by molar-refractivity contribution is 0.312. The van der Waals surface area contributed by atoms with E-state index in [2.05, 4.69) is 65.4 Å². The first kappa shape index (κ1) is 21.5. The van der Waals surface area contributed by atoms with Gasteiger partial charge in [-0.25, -0.2) is 9.98 Å². The van der Waals surface area contributed by atoms with Gasteiger partial charge in [0.2, 0.25) is 0 Å². The number of hydrogen-bond donors (Lipinski definition) is 2. The number of rotatable bonds is 9. The molecule has 1 aliphatic rings. The van der Waals surface area contributed by atoms with Crippen molar-refractivity contribution in [1.29, 1.82) is 0 Å². The Bertz CT molecular complexity index is 546. The number of hydrogen-bond acceptors (Lipinski definition) is 4. The predicted molar refractivity (Wildman–Crippen MR) is 115 cm³/mol. The second-order valence-corrected chi connectivity index (χ2v) is 7.83. The molecule has 2 rings (SSSR count). The normalized spacial score (nSPS) is 16.0. The molecule has 27 heavy (non-hydrogen) atoms. The summed E-state index contributed by atoms with van der Waals surface area (Å²) in [6, 6.07) is 4.28. The maximum atomic E-state index is 4.70. The summed E-state index contributed by atoms with van der Waals surface area (Å²) < 4.78 is 0. The van der Waals surface area contributed by atoms with Crippen molar-refractivity contribution in [2.75, 3.05) is 51.2 Å². The van der Waals surface area contributed by atoms with Crippen molar-refractivity contribution in [2.45, 2.75) is 46.6 Å². The Hall–Kier alpha value is -1.82. The molecule has 0 spiro atoms. The lowest BCUT2D eigenvalue weighted by Gasteiger charge is -2.33. The predicted octanol–water partition coefficient (Wildman–Crippen LogP) is 2.71. The summed E-state index contributed by atoms with van der Waals surface area (Å²) in [4.78, 5) is 14.1. The zero-order valence-corrected chi connectivity index (χ0v) is 17.7. The van der Waals surface area contributed by atoms with E-state index in [1.165, 1.54) is 19.3 Å². The van der Waals surface area contributed by atoms with E-state index >= 15 is 0 Å². The van der Waals surface area contributed by atoms with E-state index in [0.29, 0.717) is 6.54 Å². The van der Waals surface area contributed by atoms with Gasteiger partial charge in [-0.15, -0.1) is 0 Å². The fourth-order valence-corrected chi connectivity index (χ4v) is 3.13. The molecule has 0 aliphatic carbocycles. The fourth-order valence-electron chi connectivity index (χ4n) is 3.13. The van der Waals surface area contributed by atoms with E-state index < -0.39 is 0 Å². The van der Waals surface area contributed by atoms with E-state index in [1.54, 1.807) is 0 Å². The third-order valence-corrected chi connectivity index (χ3v) is 4.90. The van der Waals surface area contributed by atoms with Crippen LogP contribution in [-0.4, -0.2) is 62.2 Å². The van der Waals surface area contributed by atoms with Crippen LogP contribution in [0.5, 0.6) is 0 Å². The van der Waals surface area contributed by atoms with Crippen LogP contribution >= 0.6 is 0 Å². The van der Waals surface area contributed by atoms with Gasteiger partial charge < -0.3 is 20.4 Å². The third kappa shape index (κ3) is 8.16. The number of guanidine groups is 1. The molecular formula is C21H38N6. The van der Waals surface area contributed by atoms with Crippen molar-refractivity contribution in [3.63, 3.8) is 0 Å². The topological polar surface area (TPSA) is 55.8 Å². The number of aromatic nitrogens is 1. The first-order chi connectivity index (χ1) is 13.1. The van der Waals surface area contributed by atoms with Crippen molar-refractivity contribution in [1.82, 2.24) is 20.5 Å². The molecule has 2 heterocycles. The maximum absolute atomic E-state index is 4.70. The molecule has 1 aliphatic heterocycles. The Balaban J connectivity index is 1.80. The number of piperazine rings is 1. The maximum Gasteiger partial charge on any atom is 0.191 e. The highest BCUT2D eigenvalue weighted by Crippen LogP contribution is 2.14. The number of nitrogens with zero attached hydrogens (tertiary/aromatic N) is 4. The molecule has 1 aromatic rings. The quantitative estimate of drug-likeness (QED) is 0.395. The molecule has 6 heteroatoms. The molecule has 0 amide bonds. The van der Waals surface area contributed by atoms with Gasteiger partial charge in [0.1, 0.15) is 5.82 Å². The van der Waals surface area contributed by atoms with Crippen molar-refractivity contribution in [3.05, 3.63) is 23.9 Å². The monoisotopic (exact) mass is 374 g/mol. The van der Waals surface area contributed by atoms with Gasteiger partial charge in [-0.3, -0.25) is 0 Å². The number of likely N-dealkylation sites (N-methyl/N-ethyl adjacent to an activating group) is 1. The summed E-state index contributed by atoms with van der Waals surface area (Å²) >= 11 is 0. The first-order valence-corrected chi connectivity index (χ1v) is 10.5. The number of aliphatic imine (C=N–C) groups is 1. The summed E-state index contributed by atoms with van der Waals surface area (Å²) in [6.07, 6.45) is 5.70. The smallest absolute Gasteiger partial charge is 0.191 e. The highest BCUT2D eigenvalue weighted by molar-refractivity contribution is 5.79. The van der Waals surface area contributed by atoms with E-state index in [9.17, 15) is 0 Å². The molecule has 1 aromatic heterocycles. The van der Waals surface area contributed by atoms with Crippen LogP contribution < -0.4 is 15.5 Å². The number of pyridine rings is 1. The molecule has 0 unspecified atom stereocenters. The van der Waals surface area contributed by atoms with Crippen LogP contribution in [0.2, 0.25) is 0 Å². The minimum absolute atomic E-state index is 0.650. The van der Waals surface area contributed by atoms with Gasteiger partial charge in [0, 0.05) is 45.5 Å². The molecule has 152 valence electrons. The summed E-state index contributed by atoms with van der Waals surface area (Å²) in [7, 11) is 2.17. The van der Waals surface area contributed by atoms with Crippen molar-refractivity contribution in [2.24, 2.45) is 10.9 Å². The Morgan fingerprint density at radius 1 is 1.15 bits per heavy atom. The van der Waals surface area contributed by atoms with Crippen molar-refractivity contribution in [3.8, 4) is 0 Å². The third-order valence-electron chi connectivity index (χ3n) is 4.90. The molecule has 6 nitrogen and oxygen atoms in total. The largest absolute Gasteiger partial charge is 0.357 e. The molecule has 0 saturated carbocycles. The van der Waals surface area contributed by atoms with Gasteiger partial charge in [0.15, 0.2) is 5.96 Å². The molecule has 0 atom stereocenters. The van der Waals surface area contributed by atoms with Crippen LogP contribution in [0.1, 0.15) is 45.6 Å². The Labute approximate surface area is 165 Å². The zero-order chi connectivity index (χ0) is 19.5. The van der Waals surface area contributed by atoms with Gasteiger partial charge >= 0.3 is 0 Å². The average molecular weight is 375 g/mol. The van der Waals surface area contributed by atoms with E-state index in [4.69, 9.17) is 4.99 Å². The second kappa shape index (κ2) is 11.8. The zero-order valence-electron chi connectivity index (χ0n) is 17.7. The van der Waals surface area contributed by atoms with Crippen LogP contribution in [0.4, 0.5) is 5.82 Å². The van der Waals surface area contributed by atoms with Crippen LogP contribution in [0.3, 0.4) is 0 Å². The fraction of sp³-hybridized carbons (Fsp3) is 0.714. The molecule has 0 aromatic carbocycles. The first-order valence-electron chi connectivity index (χ1n) is 10.5. The summed E-state index contributed by atoms with van der Waals surface area (Å²) in [5, 5.41) is 6.76. The SMILES string of the molecule is CCNC(=NCc1ccc(N2CCN(C)CC2)nc1)NCCCCC(C)C.